The van der Waals surface area contributed by atoms with E-state index in [0.29, 0.717) is 25.1 Å². The highest BCUT2D eigenvalue weighted by Crippen LogP contribution is 2.18. The van der Waals surface area contributed by atoms with Gasteiger partial charge in [-0.05, 0) is 30.7 Å². The van der Waals surface area contributed by atoms with E-state index in [0.717, 1.165) is 4.90 Å². The molecule has 1 unspecified atom stereocenters. The molecule has 0 fully saturated rings. The largest absolute Gasteiger partial charge is 0.391 e. The zero-order valence-electron chi connectivity index (χ0n) is 10.4. The van der Waals surface area contributed by atoms with Gasteiger partial charge in [0.05, 0.1) is 6.10 Å². The lowest BCUT2D eigenvalue weighted by atomic mass is 10.3. The molecule has 1 amide bonds. The molecular formula is C13H18FNO2S. The predicted molar refractivity (Wildman–Crippen MR) is 71.0 cm³/mol. The van der Waals surface area contributed by atoms with E-state index in [2.05, 4.69) is 5.32 Å². The fraction of sp³-hybridized carbons (Fsp3) is 0.462. The monoisotopic (exact) mass is 271 g/mol. The number of rotatable bonds is 7. The maximum atomic E-state index is 12.6. The Kier molecular flexibility index (Phi) is 6.75. The summed E-state index contributed by atoms with van der Waals surface area (Å²) in [6, 6.07) is 6.19. The standard InChI is InChI=1S/C13H18FNO2S/c1-2-11(16)9-15-13(17)7-8-18-12-5-3-10(14)4-6-12/h3-6,11,16H,2,7-9H2,1H3,(H,15,17). The molecule has 18 heavy (non-hydrogen) atoms. The van der Waals surface area contributed by atoms with Crippen molar-refractivity contribution in [3.8, 4) is 0 Å². The molecule has 0 radical (unpaired) electrons. The number of hydrogen-bond acceptors (Lipinski definition) is 3. The number of thioether (sulfide) groups is 1. The summed E-state index contributed by atoms with van der Waals surface area (Å²) in [5.74, 6) is 0.308. The SMILES string of the molecule is CCC(O)CNC(=O)CCSc1ccc(F)cc1. The van der Waals surface area contributed by atoms with Crippen LogP contribution in [-0.4, -0.2) is 29.4 Å². The van der Waals surface area contributed by atoms with Gasteiger partial charge in [-0.25, -0.2) is 4.39 Å². The highest BCUT2D eigenvalue weighted by Gasteiger charge is 2.05. The lowest BCUT2D eigenvalue weighted by Crippen LogP contribution is -2.31. The summed E-state index contributed by atoms with van der Waals surface area (Å²) in [5.41, 5.74) is 0. The van der Waals surface area contributed by atoms with Crippen LogP contribution in [0.1, 0.15) is 19.8 Å². The number of aliphatic hydroxyl groups is 1. The topological polar surface area (TPSA) is 49.3 Å². The normalized spacial score (nSPS) is 12.2. The van der Waals surface area contributed by atoms with Crippen LogP contribution in [0.15, 0.2) is 29.2 Å². The highest BCUT2D eigenvalue weighted by atomic mass is 32.2. The van der Waals surface area contributed by atoms with Gasteiger partial charge in [-0.2, -0.15) is 0 Å². The molecule has 2 N–H and O–H groups in total. The third-order valence-electron chi connectivity index (χ3n) is 2.42. The Morgan fingerprint density at radius 3 is 2.72 bits per heavy atom. The van der Waals surface area contributed by atoms with Crippen LogP contribution in [0.25, 0.3) is 0 Å². The summed E-state index contributed by atoms with van der Waals surface area (Å²) in [6.07, 6.45) is 0.544. The van der Waals surface area contributed by atoms with Gasteiger partial charge in [0.2, 0.25) is 5.91 Å². The van der Waals surface area contributed by atoms with Crippen molar-refractivity contribution in [2.45, 2.75) is 30.8 Å². The van der Waals surface area contributed by atoms with Crippen molar-refractivity contribution >= 4 is 17.7 Å². The maximum Gasteiger partial charge on any atom is 0.220 e. The average molecular weight is 271 g/mol. The van der Waals surface area contributed by atoms with E-state index in [1.165, 1.54) is 23.9 Å². The maximum absolute atomic E-state index is 12.6. The Bertz CT molecular complexity index is 370. The quantitative estimate of drug-likeness (QED) is 0.747. The Balaban J connectivity index is 2.17. The third kappa shape index (κ3) is 6.02. The Morgan fingerprint density at radius 2 is 2.11 bits per heavy atom. The summed E-state index contributed by atoms with van der Waals surface area (Å²) < 4.78 is 12.6. The van der Waals surface area contributed by atoms with Crippen LogP contribution in [0.3, 0.4) is 0 Å². The molecule has 0 aliphatic rings. The molecule has 0 aromatic heterocycles. The first-order valence-electron chi connectivity index (χ1n) is 5.95. The smallest absolute Gasteiger partial charge is 0.220 e. The zero-order chi connectivity index (χ0) is 13.4. The molecule has 0 bridgehead atoms. The van der Waals surface area contributed by atoms with Crippen LogP contribution in [0.5, 0.6) is 0 Å². The third-order valence-corrected chi connectivity index (χ3v) is 3.43. The first kappa shape index (κ1) is 15.0. The summed E-state index contributed by atoms with van der Waals surface area (Å²) in [5, 5.41) is 11.9. The van der Waals surface area contributed by atoms with E-state index in [4.69, 9.17) is 0 Å². The predicted octanol–water partition coefficient (Wildman–Crippen LogP) is 2.20. The second kappa shape index (κ2) is 8.11. The van der Waals surface area contributed by atoms with Crippen molar-refractivity contribution in [3.05, 3.63) is 30.1 Å². The number of benzene rings is 1. The number of halogens is 1. The average Bonchev–Trinajstić information content (AvgIpc) is 2.38. The first-order chi connectivity index (χ1) is 8.61. The second-order valence-electron chi connectivity index (χ2n) is 3.92. The minimum absolute atomic E-state index is 0.0721. The van der Waals surface area contributed by atoms with E-state index in [1.54, 1.807) is 12.1 Å². The molecule has 0 saturated heterocycles. The van der Waals surface area contributed by atoms with Crippen molar-refractivity contribution in [1.82, 2.24) is 5.32 Å². The molecule has 0 aliphatic carbocycles. The fourth-order valence-electron chi connectivity index (χ4n) is 1.26. The molecule has 5 heteroatoms. The molecule has 0 aliphatic heterocycles. The summed E-state index contributed by atoms with van der Waals surface area (Å²) in [6.45, 7) is 2.16. The lowest BCUT2D eigenvalue weighted by molar-refractivity contribution is -0.121. The molecule has 0 heterocycles. The van der Waals surface area contributed by atoms with Crippen molar-refractivity contribution in [3.63, 3.8) is 0 Å². The summed E-state index contributed by atoms with van der Waals surface area (Å²) >= 11 is 1.51. The van der Waals surface area contributed by atoms with Gasteiger partial charge in [-0.15, -0.1) is 11.8 Å². The minimum atomic E-state index is -0.473. The lowest BCUT2D eigenvalue weighted by Gasteiger charge is -2.09. The van der Waals surface area contributed by atoms with E-state index in [1.807, 2.05) is 6.92 Å². The van der Waals surface area contributed by atoms with Gasteiger partial charge < -0.3 is 10.4 Å². The Morgan fingerprint density at radius 1 is 1.44 bits per heavy atom. The van der Waals surface area contributed by atoms with Crippen LogP contribution in [0.2, 0.25) is 0 Å². The molecule has 0 spiro atoms. The molecule has 100 valence electrons. The van der Waals surface area contributed by atoms with E-state index in [-0.39, 0.29) is 11.7 Å². The Hall–Kier alpha value is -1.07. The number of aliphatic hydroxyl groups excluding tert-OH is 1. The van der Waals surface area contributed by atoms with Gasteiger partial charge in [0, 0.05) is 23.6 Å². The van der Waals surface area contributed by atoms with Crippen molar-refractivity contribution in [1.29, 1.82) is 0 Å². The van der Waals surface area contributed by atoms with Crippen LogP contribution in [0, 0.1) is 5.82 Å². The van der Waals surface area contributed by atoms with Gasteiger partial charge in [0.1, 0.15) is 5.82 Å². The summed E-state index contributed by atoms with van der Waals surface area (Å²) in [4.78, 5) is 12.4. The molecule has 0 saturated carbocycles. The van der Waals surface area contributed by atoms with Gasteiger partial charge in [-0.3, -0.25) is 4.79 Å². The first-order valence-corrected chi connectivity index (χ1v) is 6.93. The van der Waals surface area contributed by atoms with Crippen LogP contribution < -0.4 is 5.32 Å². The Labute approximate surface area is 111 Å². The van der Waals surface area contributed by atoms with Crippen molar-refractivity contribution in [2.24, 2.45) is 0 Å². The number of amides is 1. The van der Waals surface area contributed by atoms with E-state index in [9.17, 15) is 14.3 Å². The van der Waals surface area contributed by atoms with Crippen LogP contribution >= 0.6 is 11.8 Å². The number of carbonyl (C=O) groups excluding carboxylic acids is 1. The second-order valence-corrected chi connectivity index (χ2v) is 5.09. The molecular weight excluding hydrogens is 253 g/mol. The zero-order valence-corrected chi connectivity index (χ0v) is 11.2. The number of hydrogen-bond donors (Lipinski definition) is 2. The van der Waals surface area contributed by atoms with E-state index >= 15 is 0 Å². The molecule has 1 atom stereocenters. The molecule has 1 aromatic carbocycles. The van der Waals surface area contributed by atoms with Gasteiger partial charge in [0.25, 0.3) is 0 Å². The number of carbonyl (C=O) groups is 1. The van der Waals surface area contributed by atoms with Gasteiger partial charge >= 0.3 is 0 Å². The van der Waals surface area contributed by atoms with Crippen molar-refractivity contribution < 1.29 is 14.3 Å². The number of nitrogens with one attached hydrogen (secondary N) is 1. The molecule has 3 nitrogen and oxygen atoms in total. The fourth-order valence-corrected chi connectivity index (χ4v) is 2.11. The van der Waals surface area contributed by atoms with Gasteiger partial charge in [-0.1, -0.05) is 6.92 Å². The van der Waals surface area contributed by atoms with Crippen LogP contribution in [-0.2, 0) is 4.79 Å². The van der Waals surface area contributed by atoms with E-state index < -0.39 is 6.10 Å². The van der Waals surface area contributed by atoms with Crippen molar-refractivity contribution in [2.75, 3.05) is 12.3 Å². The van der Waals surface area contributed by atoms with Gasteiger partial charge in [0.15, 0.2) is 0 Å². The highest BCUT2D eigenvalue weighted by molar-refractivity contribution is 7.99. The minimum Gasteiger partial charge on any atom is -0.391 e. The summed E-state index contributed by atoms with van der Waals surface area (Å²) in [7, 11) is 0. The molecule has 1 aromatic rings. The molecule has 1 rings (SSSR count). The van der Waals surface area contributed by atoms with Crippen LogP contribution in [0.4, 0.5) is 4.39 Å².